The lowest BCUT2D eigenvalue weighted by Gasteiger charge is -2.11. The van der Waals surface area contributed by atoms with Crippen molar-refractivity contribution in [2.75, 3.05) is 0 Å². The van der Waals surface area contributed by atoms with Crippen LogP contribution < -0.4 is 0 Å². The molecule has 2 aromatic rings. The fraction of sp³-hybridized carbons (Fsp3) is 0.273. The summed E-state index contributed by atoms with van der Waals surface area (Å²) >= 11 is 1.57. The Hall–Kier alpha value is -1.62. The molecule has 1 unspecified atom stereocenters. The summed E-state index contributed by atoms with van der Waals surface area (Å²) in [5.74, 6) is -0.269. The van der Waals surface area contributed by atoms with Gasteiger partial charge in [-0.25, -0.2) is 4.98 Å². The van der Waals surface area contributed by atoms with Gasteiger partial charge >= 0.3 is 5.97 Å². The first-order valence-corrected chi connectivity index (χ1v) is 5.81. The Balaban J connectivity index is 2.36. The van der Waals surface area contributed by atoms with Gasteiger partial charge in [0, 0.05) is 17.3 Å². The van der Waals surface area contributed by atoms with E-state index in [9.17, 15) is 4.79 Å². The van der Waals surface area contributed by atoms with Crippen LogP contribution in [0.25, 0.3) is 0 Å². The number of rotatable bonds is 4. The molecule has 2 rings (SSSR count). The van der Waals surface area contributed by atoms with Crippen LogP contribution in [0.15, 0.2) is 23.8 Å². The second-order valence-corrected chi connectivity index (χ2v) is 4.54. The SMILES string of the molecule is Cc1ccsc1C(CC(=O)O)c1ncc[nH]1. The van der Waals surface area contributed by atoms with Crippen molar-refractivity contribution in [3.05, 3.63) is 40.1 Å². The second kappa shape index (κ2) is 4.49. The highest BCUT2D eigenvalue weighted by Gasteiger charge is 2.22. The van der Waals surface area contributed by atoms with Crippen LogP contribution >= 0.6 is 11.3 Å². The summed E-state index contributed by atoms with van der Waals surface area (Å²) in [6.45, 7) is 1.99. The minimum atomic E-state index is -0.811. The number of hydrogen-bond donors (Lipinski definition) is 2. The summed E-state index contributed by atoms with van der Waals surface area (Å²) in [6.07, 6.45) is 3.43. The first-order valence-electron chi connectivity index (χ1n) is 4.93. The number of carbonyl (C=O) groups is 1. The maximum absolute atomic E-state index is 10.9. The van der Waals surface area contributed by atoms with E-state index in [4.69, 9.17) is 5.11 Å². The number of aromatic amines is 1. The number of carboxylic acid groups (broad SMARTS) is 1. The highest BCUT2D eigenvalue weighted by molar-refractivity contribution is 7.10. The monoisotopic (exact) mass is 236 g/mol. The average molecular weight is 236 g/mol. The van der Waals surface area contributed by atoms with E-state index >= 15 is 0 Å². The van der Waals surface area contributed by atoms with Gasteiger partial charge in [0.2, 0.25) is 0 Å². The van der Waals surface area contributed by atoms with Gasteiger partial charge in [-0.3, -0.25) is 4.79 Å². The molecule has 0 radical (unpaired) electrons. The number of nitrogens with one attached hydrogen (secondary N) is 1. The number of aromatic nitrogens is 2. The Morgan fingerprint density at radius 3 is 3.00 bits per heavy atom. The fourth-order valence-electron chi connectivity index (χ4n) is 1.70. The number of carboxylic acids is 1. The maximum Gasteiger partial charge on any atom is 0.304 e. The van der Waals surface area contributed by atoms with Crippen LogP contribution in [0.5, 0.6) is 0 Å². The Kier molecular flexibility index (Phi) is 3.05. The lowest BCUT2D eigenvalue weighted by atomic mass is 10.00. The molecule has 5 heteroatoms. The van der Waals surface area contributed by atoms with E-state index in [1.807, 2.05) is 18.4 Å². The van der Waals surface area contributed by atoms with Crippen LogP contribution in [0.4, 0.5) is 0 Å². The van der Waals surface area contributed by atoms with Gasteiger partial charge in [-0.1, -0.05) is 0 Å². The van der Waals surface area contributed by atoms with Crippen LogP contribution in [0, 0.1) is 6.92 Å². The molecule has 0 saturated heterocycles. The summed E-state index contributed by atoms with van der Waals surface area (Å²) in [6, 6.07) is 2.00. The molecule has 4 nitrogen and oxygen atoms in total. The molecule has 0 spiro atoms. The predicted molar refractivity (Wildman–Crippen MR) is 61.7 cm³/mol. The molecular weight excluding hydrogens is 224 g/mol. The van der Waals surface area contributed by atoms with Crippen LogP contribution in [0.3, 0.4) is 0 Å². The lowest BCUT2D eigenvalue weighted by molar-refractivity contribution is -0.137. The van der Waals surface area contributed by atoms with Gasteiger partial charge in [0.15, 0.2) is 0 Å². The third-order valence-electron chi connectivity index (χ3n) is 2.45. The molecule has 1 atom stereocenters. The fourth-order valence-corrected chi connectivity index (χ4v) is 2.73. The summed E-state index contributed by atoms with van der Waals surface area (Å²) < 4.78 is 0. The van der Waals surface area contributed by atoms with Gasteiger partial charge in [-0.15, -0.1) is 11.3 Å². The van der Waals surface area contributed by atoms with E-state index in [1.54, 1.807) is 23.7 Å². The second-order valence-electron chi connectivity index (χ2n) is 3.59. The molecule has 0 bridgehead atoms. The van der Waals surface area contributed by atoms with Gasteiger partial charge in [-0.2, -0.15) is 0 Å². The van der Waals surface area contributed by atoms with E-state index in [1.165, 1.54) is 0 Å². The van der Waals surface area contributed by atoms with Gasteiger partial charge in [0.1, 0.15) is 5.82 Å². The molecule has 2 aromatic heterocycles. The van der Waals surface area contributed by atoms with Crippen LogP contribution in [-0.4, -0.2) is 21.0 Å². The molecule has 2 heterocycles. The summed E-state index contributed by atoms with van der Waals surface area (Å²) in [5, 5.41) is 10.9. The van der Waals surface area contributed by atoms with Crippen molar-refractivity contribution in [1.29, 1.82) is 0 Å². The number of aryl methyl sites for hydroxylation is 1. The minimum absolute atomic E-state index is 0.0644. The number of nitrogens with zero attached hydrogens (tertiary/aromatic N) is 1. The zero-order valence-electron chi connectivity index (χ0n) is 8.80. The van der Waals surface area contributed by atoms with E-state index < -0.39 is 5.97 Å². The number of thiophene rings is 1. The molecule has 0 aliphatic carbocycles. The molecule has 0 saturated carbocycles. The standard InChI is InChI=1S/C11H12N2O2S/c1-7-2-5-16-10(7)8(6-9(14)15)11-12-3-4-13-11/h2-5,8H,6H2,1H3,(H,12,13)(H,14,15). The van der Waals surface area contributed by atoms with E-state index in [2.05, 4.69) is 9.97 Å². The van der Waals surface area contributed by atoms with Gasteiger partial charge in [-0.05, 0) is 23.9 Å². The first kappa shape index (κ1) is 10.9. The van der Waals surface area contributed by atoms with E-state index in [-0.39, 0.29) is 12.3 Å². The number of H-pyrrole nitrogens is 1. The van der Waals surface area contributed by atoms with Crippen molar-refractivity contribution < 1.29 is 9.90 Å². The Morgan fingerprint density at radius 1 is 1.69 bits per heavy atom. The highest BCUT2D eigenvalue weighted by atomic mass is 32.1. The van der Waals surface area contributed by atoms with E-state index in [0.717, 1.165) is 10.4 Å². The summed E-state index contributed by atoms with van der Waals surface area (Å²) in [7, 11) is 0. The molecule has 84 valence electrons. The van der Waals surface area contributed by atoms with Crippen molar-refractivity contribution in [3.63, 3.8) is 0 Å². The molecule has 0 aliphatic heterocycles. The summed E-state index contributed by atoms with van der Waals surface area (Å²) in [4.78, 5) is 19.1. The predicted octanol–water partition coefficient (Wildman–Crippen LogP) is 2.39. The van der Waals surface area contributed by atoms with E-state index in [0.29, 0.717) is 5.82 Å². The van der Waals surface area contributed by atoms with Gasteiger partial charge in [0.25, 0.3) is 0 Å². The zero-order chi connectivity index (χ0) is 11.5. The Morgan fingerprint density at radius 2 is 2.50 bits per heavy atom. The largest absolute Gasteiger partial charge is 0.481 e. The molecule has 0 amide bonds. The molecule has 2 N–H and O–H groups in total. The molecular formula is C11H12N2O2S. The van der Waals surface area contributed by atoms with Crippen LogP contribution in [0.1, 0.15) is 28.6 Å². The van der Waals surface area contributed by atoms with Crippen molar-refractivity contribution in [1.82, 2.24) is 9.97 Å². The van der Waals surface area contributed by atoms with Crippen molar-refractivity contribution in [2.45, 2.75) is 19.3 Å². The molecule has 0 fully saturated rings. The lowest BCUT2D eigenvalue weighted by Crippen LogP contribution is -2.09. The summed E-state index contributed by atoms with van der Waals surface area (Å²) in [5.41, 5.74) is 1.12. The highest BCUT2D eigenvalue weighted by Crippen LogP contribution is 2.32. The first-order chi connectivity index (χ1) is 7.68. The van der Waals surface area contributed by atoms with Crippen molar-refractivity contribution >= 4 is 17.3 Å². The average Bonchev–Trinajstić information content (AvgIpc) is 2.84. The van der Waals surface area contributed by atoms with Crippen molar-refractivity contribution in [3.8, 4) is 0 Å². The normalized spacial score (nSPS) is 12.6. The number of aliphatic carboxylic acids is 1. The van der Waals surface area contributed by atoms with Crippen molar-refractivity contribution in [2.24, 2.45) is 0 Å². The third kappa shape index (κ3) is 2.14. The molecule has 0 aliphatic rings. The quantitative estimate of drug-likeness (QED) is 0.856. The molecule has 16 heavy (non-hydrogen) atoms. The van der Waals surface area contributed by atoms with Gasteiger partial charge in [0.05, 0.1) is 12.3 Å². The molecule has 0 aromatic carbocycles. The minimum Gasteiger partial charge on any atom is -0.481 e. The number of imidazole rings is 1. The van der Waals surface area contributed by atoms with Crippen LogP contribution in [-0.2, 0) is 4.79 Å². The Labute approximate surface area is 97.0 Å². The van der Waals surface area contributed by atoms with Gasteiger partial charge < -0.3 is 10.1 Å². The third-order valence-corrected chi connectivity index (χ3v) is 3.58. The topological polar surface area (TPSA) is 66.0 Å². The Bertz CT molecular complexity index is 476. The maximum atomic E-state index is 10.9. The van der Waals surface area contributed by atoms with Crippen LogP contribution in [0.2, 0.25) is 0 Å². The smallest absolute Gasteiger partial charge is 0.304 e. The number of hydrogen-bond acceptors (Lipinski definition) is 3. The zero-order valence-corrected chi connectivity index (χ0v) is 9.62.